The van der Waals surface area contributed by atoms with E-state index >= 15 is 24.0 Å². The number of benzene rings is 2. The number of nitrogens with one attached hydrogen (secondary N) is 20. The van der Waals surface area contributed by atoms with Crippen LogP contribution < -0.4 is 108 Å². The topological polar surface area (TPSA) is 696 Å². The molecule has 3 heterocycles. The second-order valence-corrected chi connectivity index (χ2v) is 37.2. The Kier molecular flexibility index (Phi) is 47.2. The number of carbonyl (C=O) groups is 16. The number of H-pyrrole nitrogens is 1. The number of aromatic amines is 1. The zero-order chi connectivity index (χ0) is 97.3. The molecule has 5 rings (SSSR count). The number of aromatic nitrogens is 2. The second kappa shape index (κ2) is 56.2. The molecule has 15 atom stereocenters. The predicted molar refractivity (Wildman–Crippen MR) is 493 cm³/mol. The van der Waals surface area contributed by atoms with Crippen LogP contribution in [-0.4, -0.2) is 296 Å². The first-order valence-electron chi connectivity index (χ1n) is 43.5. The highest BCUT2D eigenvalue weighted by Crippen LogP contribution is 2.26. The summed E-state index contributed by atoms with van der Waals surface area (Å²) >= 11 is 1.38. The molecular weight excluding hydrogens is 1760 g/mol. The number of rotatable bonds is 39. The van der Waals surface area contributed by atoms with Crippen molar-refractivity contribution in [3.63, 3.8) is 0 Å². The first-order chi connectivity index (χ1) is 62.0. The molecule has 0 bridgehead atoms. The molecule has 2 aliphatic heterocycles. The van der Waals surface area contributed by atoms with Gasteiger partial charge in [-0.2, -0.15) is 11.8 Å². The number of carbonyl (C=O) groups excluding carboxylic acids is 16. The summed E-state index contributed by atoms with van der Waals surface area (Å²) in [5, 5.41) is 92.4. The van der Waals surface area contributed by atoms with E-state index in [1.807, 2.05) is 13.8 Å². The summed E-state index contributed by atoms with van der Waals surface area (Å²) in [5.41, 5.74) is 18.1. The van der Waals surface area contributed by atoms with E-state index in [1.54, 1.807) is 98.2 Å². The number of primary amides is 1. The molecule has 2 aliphatic rings. The Labute approximate surface area is 773 Å². The van der Waals surface area contributed by atoms with Crippen LogP contribution >= 0.6 is 33.3 Å². The van der Waals surface area contributed by atoms with E-state index in [0.29, 0.717) is 22.6 Å². The number of hydrogen-bond acceptors (Lipinski definition) is 26. The average molecular weight is 1890 g/mol. The summed E-state index contributed by atoms with van der Waals surface area (Å²) in [5.74, 6) is -19.5. The number of thioether (sulfide) groups is 1. The number of aliphatic hydroxyl groups is 2. The van der Waals surface area contributed by atoms with Crippen molar-refractivity contribution in [2.45, 2.75) is 237 Å². The van der Waals surface area contributed by atoms with Crippen molar-refractivity contribution in [3.05, 3.63) is 83.9 Å². The molecule has 2 saturated heterocycles. The van der Waals surface area contributed by atoms with Gasteiger partial charge in [0.1, 0.15) is 90.3 Å². The van der Waals surface area contributed by atoms with E-state index in [4.69, 9.17) is 28.0 Å². The SMILES string of the molecule is CSCC[C@H](NC(=O)[C@H](Cc1cnc[nH]1)NC(C)C)C(=O)N[C@H](C(=O)N[C@H]1CSSC[C@@H](C(=O)N[C@@H](Cc2ccccc2)C(=O)N[C@@H](CO)C(=O)N[C@H](C(N)=O)C(C)C)NC(=O)[C@H](C(C)C)NC(=O)[C@@H]2CCCN2C(=O)[C@H](CCCNC(=N)N)NC(=O)CNC(=O)[C@H](CCCNC(=N)N)NC(=O)[C@H](Cc2ccc(O)cc2)NC(=O)[C@H](CO)NC(=O)[C@H](CC(C)C)NC1=O)C(C)C. The van der Waals surface area contributed by atoms with E-state index in [0.717, 1.165) is 21.6 Å². The first-order valence-corrected chi connectivity index (χ1v) is 47.4. The summed E-state index contributed by atoms with van der Waals surface area (Å²) in [6, 6.07) is -9.32. The highest BCUT2D eigenvalue weighted by molar-refractivity contribution is 8.76. The number of nitrogens with two attached hydrogens (primary N) is 3. The van der Waals surface area contributed by atoms with Crippen molar-refractivity contribution in [2.75, 3.05) is 62.9 Å². The van der Waals surface area contributed by atoms with Gasteiger partial charge >= 0.3 is 0 Å². The molecule has 2 aromatic carbocycles. The lowest BCUT2D eigenvalue weighted by Gasteiger charge is -2.31. The molecular formula is C84H133N25O19S3. The maximum Gasteiger partial charge on any atom is 0.245 e. The van der Waals surface area contributed by atoms with Crippen LogP contribution in [0.5, 0.6) is 5.75 Å². The van der Waals surface area contributed by atoms with Crippen molar-refractivity contribution in [1.29, 1.82) is 10.8 Å². The van der Waals surface area contributed by atoms with Crippen LogP contribution in [0.4, 0.5) is 0 Å². The highest BCUT2D eigenvalue weighted by atomic mass is 33.1. The van der Waals surface area contributed by atoms with Gasteiger partial charge in [0, 0.05) is 68.3 Å². The van der Waals surface area contributed by atoms with Gasteiger partial charge in [0.25, 0.3) is 0 Å². The van der Waals surface area contributed by atoms with E-state index in [2.05, 4.69) is 100 Å². The van der Waals surface area contributed by atoms with Gasteiger partial charge in [-0.1, -0.05) is 133 Å². The third-order valence-corrected chi connectivity index (χ3v) is 24.1. The normalized spacial score (nSPS) is 21.3. The highest BCUT2D eigenvalue weighted by Gasteiger charge is 2.43. The van der Waals surface area contributed by atoms with Gasteiger partial charge in [-0.05, 0) is 110 Å². The molecule has 2 fully saturated rings. The molecule has 29 N–H and O–H groups in total. The standard InChI is InChI=1S/C84H133N25O19S3/c1-43(2)32-55-71(117)102-59(38-110)75(121)100-57(34-49-23-25-51(112)26-24-49)72(118)97-52(20-15-28-91-83(86)87)69(115)93-37-64(113)96-54(21-16-29-92-84(88)89)82(128)109-30-17-22-63(109)79(125)108-67(46(7)8)81(127)105-62(78(124)101-56(33-48-18-13-12-14-19-48)73(119)103-60(39-111)76(122)106-65(44(3)4)68(85)114)41-131-130-40-61(77(123)99-55)104-80(126)66(45(5)6)107-70(116)53(27-31-129-11)98-74(120)58(95-47(9)10)35-50-36-90-42-94-50/h12-14,18-19,23-26,36,42-47,52-63,65-67,95,110-112H,15-17,20-22,27-35,37-41H2,1-11H3,(H2,85,114)(H,90,94)(H,93,115)(H,96,113)(H,97,118)(H,98,120)(H,99,123)(H,100,121)(H,101,124)(H,102,117)(H,103,119)(H,104,126)(H,105,127)(H,106,122)(H,107,116)(H,108,125)(H4,86,87,91)(H4,88,89,92)/t52-,53-,54-,55-,56-,57-,58-,59-,60-,61-,62-,63-,65-,66-,67-/m0/s1. The van der Waals surface area contributed by atoms with Crippen LogP contribution in [0.2, 0.25) is 0 Å². The lowest BCUT2D eigenvalue weighted by atomic mass is 10.0. The molecule has 16 amide bonds. The minimum atomic E-state index is -1.92. The van der Waals surface area contributed by atoms with Gasteiger partial charge in [0.15, 0.2) is 11.9 Å². The Bertz CT molecular complexity index is 4330. The number of aromatic hydroxyl groups is 1. The number of hydrogen-bond donors (Lipinski definition) is 26. The molecule has 44 nitrogen and oxygen atoms in total. The Morgan fingerprint density at radius 1 is 0.588 bits per heavy atom. The quantitative estimate of drug-likeness (QED) is 0.0110. The monoisotopic (exact) mass is 1890 g/mol. The molecule has 0 aliphatic carbocycles. The fourth-order valence-corrected chi connectivity index (χ4v) is 16.8. The Morgan fingerprint density at radius 2 is 1.16 bits per heavy atom. The number of imidazole rings is 1. The average Bonchev–Trinajstić information content (AvgIpc) is 1.60. The third-order valence-electron chi connectivity index (χ3n) is 21.1. The van der Waals surface area contributed by atoms with Crippen LogP contribution in [0.25, 0.3) is 0 Å². The first kappa shape index (κ1) is 110. The summed E-state index contributed by atoms with van der Waals surface area (Å²) in [6.07, 6.45) is 4.19. The number of fused-ring (bicyclic) bond motifs is 1. The molecule has 0 spiro atoms. The van der Waals surface area contributed by atoms with Gasteiger partial charge in [-0.3, -0.25) is 87.5 Å². The zero-order valence-corrected chi connectivity index (χ0v) is 78.2. The van der Waals surface area contributed by atoms with E-state index in [9.17, 15) is 68.1 Å². The maximum atomic E-state index is 15.4. The lowest BCUT2D eigenvalue weighted by molar-refractivity contribution is -0.142. The Morgan fingerprint density at radius 3 is 1.74 bits per heavy atom. The van der Waals surface area contributed by atoms with Crippen LogP contribution in [0.3, 0.4) is 0 Å². The van der Waals surface area contributed by atoms with Crippen molar-refractivity contribution in [1.82, 2.24) is 105 Å². The van der Waals surface area contributed by atoms with Crippen LogP contribution in [0, 0.1) is 34.5 Å². The fourth-order valence-electron chi connectivity index (χ4n) is 14.0. The number of phenols is 1. The lowest BCUT2D eigenvalue weighted by Crippen LogP contribution is -2.62. The number of guanidine groups is 2. The largest absolute Gasteiger partial charge is 0.508 e. The molecule has 726 valence electrons. The third kappa shape index (κ3) is 38.0. The molecule has 131 heavy (non-hydrogen) atoms. The Balaban J connectivity index is 1.71. The predicted octanol–water partition coefficient (Wildman–Crippen LogP) is -4.92. The second-order valence-electron chi connectivity index (χ2n) is 33.7. The number of aliphatic hydroxyl groups excluding tert-OH is 2. The molecule has 1 aromatic heterocycles. The van der Waals surface area contributed by atoms with E-state index in [1.165, 1.54) is 47.3 Å². The number of phenolic OH excluding ortho intramolecular Hbond substituents is 1. The molecule has 47 heteroatoms. The summed E-state index contributed by atoms with van der Waals surface area (Å²) in [4.78, 5) is 242. The smallest absolute Gasteiger partial charge is 0.245 e. The van der Waals surface area contributed by atoms with E-state index < -0.39 is 252 Å². The maximum absolute atomic E-state index is 15.4. The van der Waals surface area contributed by atoms with Crippen LogP contribution in [-0.2, 0) is 96.0 Å². The number of amides is 16. The van der Waals surface area contributed by atoms with Crippen molar-refractivity contribution in [3.8, 4) is 5.75 Å². The minimum absolute atomic E-state index is 0.0101. The van der Waals surface area contributed by atoms with Gasteiger partial charge in [-0.25, -0.2) is 4.98 Å². The van der Waals surface area contributed by atoms with Crippen LogP contribution in [0.15, 0.2) is 67.1 Å². The summed E-state index contributed by atoms with van der Waals surface area (Å²) in [6.45, 7) is 13.5. The van der Waals surface area contributed by atoms with Gasteiger partial charge in [-0.15, -0.1) is 0 Å². The Hall–Kier alpha value is -11.6. The van der Waals surface area contributed by atoms with Gasteiger partial charge in [0.2, 0.25) is 94.5 Å². The molecule has 0 radical (unpaired) electrons. The zero-order valence-electron chi connectivity index (χ0n) is 75.8. The van der Waals surface area contributed by atoms with Crippen molar-refractivity contribution in [2.24, 2.45) is 40.9 Å². The summed E-state index contributed by atoms with van der Waals surface area (Å²) < 4.78 is 0. The molecule has 0 saturated carbocycles. The molecule has 3 aromatic rings. The van der Waals surface area contributed by atoms with Gasteiger partial charge in [0.05, 0.1) is 32.1 Å². The van der Waals surface area contributed by atoms with E-state index in [-0.39, 0.29) is 102 Å². The number of nitrogens with zero attached hydrogens (tertiary/aromatic N) is 2. The summed E-state index contributed by atoms with van der Waals surface area (Å²) in [7, 11) is 1.64. The van der Waals surface area contributed by atoms with Crippen molar-refractivity contribution < 1.29 is 92.0 Å². The van der Waals surface area contributed by atoms with Crippen molar-refractivity contribution >= 4 is 140 Å². The molecule has 0 unspecified atom stereocenters. The fraction of sp³-hybridized carbons (Fsp3) is 0.607. The van der Waals surface area contributed by atoms with Gasteiger partial charge < -0.3 is 133 Å². The minimum Gasteiger partial charge on any atom is -0.508 e. The van der Waals surface area contributed by atoms with Crippen LogP contribution in [0.1, 0.15) is 137 Å².